The van der Waals surface area contributed by atoms with Crippen LogP contribution in [-0.4, -0.2) is 30.8 Å². The molecule has 5 nitrogen and oxygen atoms in total. The van der Waals surface area contributed by atoms with E-state index >= 15 is 0 Å². The molecule has 2 heterocycles. The van der Waals surface area contributed by atoms with E-state index in [1.807, 2.05) is 19.2 Å². The lowest BCUT2D eigenvalue weighted by Crippen LogP contribution is -2.17. The van der Waals surface area contributed by atoms with Gasteiger partial charge in [-0.3, -0.25) is 4.79 Å². The molecule has 1 atom stereocenters. The molecule has 0 bridgehead atoms. The molecule has 1 N–H and O–H groups in total. The van der Waals surface area contributed by atoms with Gasteiger partial charge in [-0.2, -0.15) is 0 Å². The van der Waals surface area contributed by atoms with Gasteiger partial charge in [-0.05, 0) is 37.8 Å². The molecule has 3 rings (SSSR count). The summed E-state index contributed by atoms with van der Waals surface area (Å²) in [5.74, 6) is 0.0674. The number of sulfone groups is 1. The molecule has 0 unspecified atom stereocenters. The smallest absolute Gasteiger partial charge is 0.226 e. The zero-order valence-corrected chi connectivity index (χ0v) is 15.3. The monoisotopic (exact) mass is 364 g/mol. The highest BCUT2D eigenvalue weighted by molar-refractivity contribution is 7.91. The maximum Gasteiger partial charge on any atom is 0.226 e. The molecule has 7 heteroatoms. The lowest BCUT2D eigenvalue weighted by atomic mass is 10.0. The van der Waals surface area contributed by atoms with E-state index in [1.165, 1.54) is 11.3 Å². The van der Waals surface area contributed by atoms with E-state index in [0.717, 1.165) is 22.4 Å². The van der Waals surface area contributed by atoms with Gasteiger partial charge >= 0.3 is 0 Å². The Hall–Kier alpha value is -1.73. The van der Waals surface area contributed by atoms with E-state index in [4.69, 9.17) is 0 Å². The number of carbonyl (C=O) groups excluding carboxylic acids is 1. The summed E-state index contributed by atoms with van der Waals surface area (Å²) in [6.07, 6.45) is 0.805. The summed E-state index contributed by atoms with van der Waals surface area (Å²) in [4.78, 5) is 16.6. The fourth-order valence-electron chi connectivity index (χ4n) is 2.93. The van der Waals surface area contributed by atoms with Crippen LogP contribution in [0.25, 0.3) is 11.3 Å². The number of hydrogen-bond acceptors (Lipinski definition) is 5. The zero-order chi connectivity index (χ0) is 17.3. The number of thiazole rings is 1. The van der Waals surface area contributed by atoms with E-state index < -0.39 is 9.84 Å². The van der Waals surface area contributed by atoms with Crippen molar-refractivity contribution in [2.75, 3.05) is 16.8 Å². The summed E-state index contributed by atoms with van der Waals surface area (Å²) < 4.78 is 22.9. The molecule has 1 aliphatic heterocycles. The second-order valence-corrected chi connectivity index (χ2v) is 9.46. The highest BCUT2D eigenvalue weighted by atomic mass is 32.2. The standard InChI is InChI=1S/C17H20N2O3S2/c1-11-3-4-12(2)14(7-11)15-9-23-17(18-15)19-16(20)8-13-5-6-24(21,22)10-13/h3-4,7,9,13H,5-6,8,10H2,1-2H3,(H,18,19,20)/t13-/m1/s1. The average Bonchev–Trinajstić information content (AvgIpc) is 3.08. The molecule has 0 radical (unpaired) electrons. The summed E-state index contributed by atoms with van der Waals surface area (Å²) in [7, 11) is -2.95. The first-order valence-electron chi connectivity index (χ1n) is 7.86. The fraction of sp³-hybridized carbons (Fsp3) is 0.412. The maximum absolute atomic E-state index is 12.1. The second-order valence-electron chi connectivity index (χ2n) is 6.38. The quantitative estimate of drug-likeness (QED) is 0.904. The van der Waals surface area contributed by atoms with Crippen molar-refractivity contribution in [2.24, 2.45) is 5.92 Å². The number of carbonyl (C=O) groups is 1. The first-order chi connectivity index (χ1) is 11.3. The Morgan fingerprint density at radius 1 is 1.38 bits per heavy atom. The highest BCUT2D eigenvalue weighted by Gasteiger charge is 2.29. The normalized spacial score (nSPS) is 19.3. The first kappa shape index (κ1) is 17.1. The molecule has 128 valence electrons. The number of rotatable bonds is 4. The van der Waals surface area contributed by atoms with Crippen molar-refractivity contribution in [3.05, 3.63) is 34.7 Å². The molecule has 1 saturated heterocycles. The van der Waals surface area contributed by atoms with Crippen molar-refractivity contribution in [1.82, 2.24) is 4.98 Å². The van der Waals surface area contributed by atoms with Crippen molar-refractivity contribution in [3.63, 3.8) is 0 Å². The predicted octanol–water partition coefficient (Wildman–Crippen LogP) is 3.19. The van der Waals surface area contributed by atoms with E-state index in [1.54, 1.807) is 0 Å². The van der Waals surface area contributed by atoms with Crippen LogP contribution in [0.15, 0.2) is 23.6 Å². The van der Waals surface area contributed by atoms with Gasteiger partial charge in [-0.15, -0.1) is 11.3 Å². The minimum Gasteiger partial charge on any atom is -0.302 e. The number of aryl methyl sites for hydroxylation is 2. The molecule has 0 aliphatic carbocycles. The molecule has 1 aromatic heterocycles. The third kappa shape index (κ3) is 4.02. The number of benzene rings is 1. The summed E-state index contributed by atoms with van der Waals surface area (Å²) in [5, 5.41) is 5.27. The van der Waals surface area contributed by atoms with Gasteiger partial charge in [-0.1, -0.05) is 17.7 Å². The summed E-state index contributed by atoms with van der Waals surface area (Å²) >= 11 is 1.38. The van der Waals surface area contributed by atoms with Crippen molar-refractivity contribution in [3.8, 4) is 11.3 Å². The van der Waals surface area contributed by atoms with Crippen LogP contribution >= 0.6 is 11.3 Å². The third-order valence-electron chi connectivity index (χ3n) is 4.22. The van der Waals surface area contributed by atoms with Crippen LogP contribution in [0.1, 0.15) is 24.0 Å². The van der Waals surface area contributed by atoms with Crippen LogP contribution in [0, 0.1) is 19.8 Å². The Labute approximate surface area is 146 Å². The molecule has 1 aromatic carbocycles. The van der Waals surface area contributed by atoms with Gasteiger partial charge in [0.25, 0.3) is 0 Å². The largest absolute Gasteiger partial charge is 0.302 e. The molecule has 0 saturated carbocycles. The molecule has 1 amide bonds. The fourth-order valence-corrected chi connectivity index (χ4v) is 5.52. The Kier molecular flexibility index (Phi) is 4.73. The van der Waals surface area contributed by atoms with Crippen LogP contribution in [0.5, 0.6) is 0 Å². The summed E-state index contributed by atoms with van der Waals surface area (Å²) in [6.45, 7) is 4.07. The lowest BCUT2D eigenvalue weighted by Gasteiger charge is -2.06. The van der Waals surface area contributed by atoms with Crippen molar-refractivity contribution in [1.29, 1.82) is 0 Å². The van der Waals surface area contributed by atoms with Gasteiger partial charge in [-0.25, -0.2) is 13.4 Å². The molecule has 2 aromatic rings. The number of nitrogens with one attached hydrogen (secondary N) is 1. The van der Waals surface area contributed by atoms with Gasteiger partial charge in [0.05, 0.1) is 17.2 Å². The molecule has 24 heavy (non-hydrogen) atoms. The van der Waals surface area contributed by atoms with Crippen molar-refractivity contribution >= 4 is 32.2 Å². The minimum absolute atomic E-state index is 0.0755. The Morgan fingerprint density at radius 2 is 2.17 bits per heavy atom. The molecule has 1 aliphatic rings. The van der Waals surface area contributed by atoms with Crippen molar-refractivity contribution < 1.29 is 13.2 Å². The number of hydrogen-bond donors (Lipinski definition) is 1. The lowest BCUT2D eigenvalue weighted by molar-refractivity contribution is -0.116. The van der Waals surface area contributed by atoms with E-state index in [-0.39, 0.29) is 29.8 Å². The average molecular weight is 364 g/mol. The molecular weight excluding hydrogens is 344 g/mol. The Morgan fingerprint density at radius 3 is 2.88 bits per heavy atom. The number of anilines is 1. The van der Waals surface area contributed by atoms with E-state index in [2.05, 4.69) is 28.5 Å². The maximum atomic E-state index is 12.1. The van der Waals surface area contributed by atoms with Crippen LogP contribution in [0.3, 0.4) is 0 Å². The molecule has 0 spiro atoms. The van der Waals surface area contributed by atoms with Gasteiger partial charge in [0.1, 0.15) is 0 Å². The predicted molar refractivity (Wildman–Crippen MR) is 97.0 cm³/mol. The molecule has 1 fully saturated rings. The number of aromatic nitrogens is 1. The van der Waals surface area contributed by atoms with Crippen LogP contribution in [0.4, 0.5) is 5.13 Å². The number of amides is 1. The summed E-state index contributed by atoms with van der Waals surface area (Å²) in [6, 6.07) is 6.20. The van der Waals surface area contributed by atoms with Crippen LogP contribution in [-0.2, 0) is 14.6 Å². The highest BCUT2D eigenvalue weighted by Crippen LogP contribution is 2.29. The summed E-state index contributed by atoms with van der Waals surface area (Å²) in [5.41, 5.74) is 4.21. The van der Waals surface area contributed by atoms with E-state index in [0.29, 0.717) is 11.6 Å². The minimum atomic E-state index is -2.95. The van der Waals surface area contributed by atoms with Crippen LogP contribution < -0.4 is 5.32 Å². The molecular formula is C17H20N2O3S2. The second kappa shape index (κ2) is 6.64. The van der Waals surface area contributed by atoms with Crippen LogP contribution in [0.2, 0.25) is 0 Å². The van der Waals surface area contributed by atoms with Gasteiger partial charge in [0.15, 0.2) is 15.0 Å². The Balaban J connectivity index is 1.66. The Bertz CT molecular complexity index is 872. The number of nitrogens with zero attached hydrogens (tertiary/aromatic N) is 1. The van der Waals surface area contributed by atoms with E-state index in [9.17, 15) is 13.2 Å². The topological polar surface area (TPSA) is 76.1 Å². The van der Waals surface area contributed by atoms with Gasteiger partial charge in [0.2, 0.25) is 5.91 Å². The SMILES string of the molecule is Cc1ccc(C)c(-c2csc(NC(=O)C[C@H]3CCS(=O)(=O)C3)n2)c1. The first-order valence-corrected chi connectivity index (χ1v) is 10.6. The van der Waals surface area contributed by atoms with Gasteiger partial charge in [0, 0.05) is 17.4 Å². The third-order valence-corrected chi connectivity index (χ3v) is 6.82. The van der Waals surface area contributed by atoms with Gasteiger partial charge < -0.3 is 5.32 Å². The zero-order valence-electron chi connectivity index (χ0n) is 13.7. The van der Waals surface area contributed by atoms with Crippen molar-refractivity contribution in [2.45, 2.75) is 26.7 Å².